The molecule has 0 radical (unpaired) electrons. The summed E-state index contributed by atoms with van der Waals surface area (Å²) in [4.78, 5) is 16.1. The van der Waals surface area contributed by atoms with Crippen LogP contribution in [0.25, 0.3) is 0 Å². The second-order valence-corrected chi connectivity index (χ2v) is 4.66. The first-order valence-corrected chi connectivity index (χ1v) is 6.23. The molecular formula is C13H21Cl2N3O2. The molecule has 114 valence electrons. The number of anilines is 1. The van der Waals surface area contributed by atoms with E-state index in [0.29, 0.717) is 13.2 Å². The van der Waals surface area contributed by atoms with Crippen molar-refractivity contribution in [2.24, 2.45) is 11.7 Å². The highest BCUT2D eigenvalue weighted by Crippen LogP contribution is 2.19. The minimum atomic E-state index is -0.471. The van der Waals surface area contributed by atoms with Crippen molar-refractivity contribution in [3.8, 4) is 0 Å². The lowest BCUT2D eigenvalue weighted by molar-refractivity contribution is -0.119. The molecule has 1 aliphatic heterocycles. The van der Waals surface area contributed by atoms with Gasteiger partial charge in [-0.05, 0) is 37.3 Å². The molecule has 0 aromatic carbocycles. The molecule has 20 heavy (non-hydrogen) atoms. The highest BCUT2D eigenvalue weighted by Gasteiger charge is 2.26. The first-order valence-electron chi connectivity index (χ1n) is 6.23. The molecule has 0 spiro atoms. The molecule has 1 aromatic heterocycles. The summed E-state index contributed by atoms with van der Waals surface area (Å²) < 4.78 is 5.27. The Hall–Kier alpha value is -0.880. The van der Waals surface area contributed by atoms with Gasteiger partial charge in [0, 0.05) is 31.3 Å². The van der Waals surface area contributed by atoms with Crippen LogP contribution >= 0.6 is 24.8 Å². The molecule has 2 rings (SSSR count). The first-order chi connectivity index (χ1) is 8.68. The van der Waals surface area contributed by atoms with Crippen molar-refractivity contribution in [3.63, 3.8) is 0 Å². The zero-order chi connectivity index (χ0) is 13.0. The molecule has 0 aliphatic carbocycles. The second-order valence-electron chi connectivity index (χ2n) is 4.66. The van der Waals surface area contributed by atoms with Crippen molar-refractivity contribution in [2.75, 3.05) is 18.5 Å². The van der Waals surface area contributed by atoms with Crippen LogP contribution in [0.5, 0.6) is 0 Å². The van der Waals surface area contributed by atoms with Gasteiger partial charge in [0.1, 0.15) is 0 Å². The smallest absolute Gasteiger partial charge is 0.241 e. The van der Waals surface area contributed by atoms with Gasteiger partial charge in [-0.25, -0.2) is 0 Å². The van der Waals surface area contributed by atoms with Crippen molar-refractivity contribution in [1.82, 2.24) is 4.98 Å². The average Bonchev–Trinajstić information content (AvgIpc) is 2.41. The number of pyridine rings is 1. The summed E-state index contributed by atoms with van der Waals surface area (Å²) in [5.41, 5.74) is 7.72. The summed E-state index contributed by atoms with van der Waals surface area (Å²) in [6.07, 6.45) is 5.08. The number of nitrogens with zero attached hydrogens (tertiary/aromatic N) is 1. The van der Waals surface area contributed by atoms with Gasteiger partial charge in [0.05, 0.1) is 6.04 Å². The largest absolute Gasteiger partial charge is 0.381 e. The van der Waals surface area contributed by atoms with Crippen LogP contribution in [-0.4, -0.2) is 30.1 Å². The number of aryl methyl sites for hydroxylation is 1. The zero-order valence-corrected chi connectivity index (χ0v) is 13.0. The van der Waals surface area contributed by atoms with Crippen molar-refractivity contribution >= 4 is 36.4 Å². The highest BCUT2D eigenvalue weighted by atomic mass is 35.5. The van der Waals surface area contributed by atoms with E-state index < -0.39 is 6.04 Å². The molecule has 1 aromatic rings. The monoisotopic (exact) mass is 321 g/mol. The zero-order valence-electron chi connectivity index (χ0n) is 11.4. The van der Waals surface area contributed by atoms with Gasteiger partial charge in [-0.2, -0.15) is 0 Å². The molecule has 3 N–H and O–H groups in total. The van der Waals surface area contributed by atoms with Crippen molar-refractivity contribution in [2.45, 2.75) is 25.8 Å². The molecule has 7 heteroatoms. The first kappa shape index (κ1) is 19.1. The van der Waals surface area contributed by atoms with Gasteiger partial charge in [-0.3, -0.25) is 9.78 Å². The maximum atomic E-state index is 12.1. The van der Waals surface area contributed by atoms with Gasteiger partial charge in [-0.15, -0.1) is 24.8 Å². The second kappa shape index (κ2) is 9.13. The van der Waals surface area contributed by atoms with E-state index in [4.69, 9.17) is 10.5 Å². The summed E-state index contributed by atoms with van der Waals surface area (Å²) >= 11 is 0. The Balaban J connectivity index is 0.00000180. The summed E-state index contributed by atoms with van der Waals surface area (Å²) in [6.45, 7) is 3.29. The van der Waals surface area contributed by atoms with E-state index in [1.165, 1.54) is 0 Å². The molecule has 1 aliphatic rings. The molecule has 1 fully saturated rings. The fourth-order valence-corrected chi connectivity index (χ4v) is 2.12. The standard InChI is InChI=1S/C13H19N3O2.2ClH/c1-9-8-15-5-2-11(9)16-13(17)12(14)10-3-6-18-7-4-10;;/h2,5,8,10,12H,3-4,6-7,14H2,1H3,(H,15,16,17);2*1H. The third-order valence-corrected chi connectivity index (χ3v) is 3.35. The lowest BCUT2D eigenvalue weighted by Crippen LogP contribution is -2.44. The maximum absolute atomic E-state index is 12.1. The van der Waals surface area contributed by atoms with Crippen LogP contribution in [0.1, 0.15) is 18.4 Å². The third kappa shape index (κ3) is 4.90. The van der Waals surface area contributed by atoms with Crippen molar-refractivity contribution < 1.29 is 9.53 Å². The van der Waals surface area contributed by atoms with Crippen LogP contribution in [0.15, 0.2) is 18.5 Å². The molecule has 2 heterocycles. The number of carbonyl (C=O) groups is 1. The van der Waals surface area contributed by atoms with Crippen LogP contribution in [-0.2, 0) is 9.53 Å². The van der Waals surface area contributed by atoms with Crippen LogP contribution < -0.4 is 11.1 Å². The Morgan fingerprint density at radius 1 is 1.45 bits per heavy atom. The molecule has 1 atom stereocenters. The fourth-order valence-electron chi connectivity index (χ4n) is 2.12. The predicted molar refractivity (Wildman–Crippen MR) is 83.6 cm³/mol. The summed E-state index contributed by atoms with van der Waals surface area (Å²) in [5.74, 6) is 0.0806. The van der Waals surface area contributed by atoms with Gasteiger partial charge in [0.25, 0.3) is 0 Å². The Morgan fingerprint density at radius 2 is 2.10 bits per heavy atom. The summed E-state index contributed by atoms with van der Waals surface area (Å²) in [7, 11) is 0. The number of halogens is 2. The number of aromatic nitrogens is 1. The van der Waals surface area contributed by atoms with Gasteiger partial charge < -0.3 is 15.8 Å². The number of ether oxygens (including phenoxy) is 1. The maximum Gasteiger partial charge on any atom is 0.241 e. The number of carbonyl (C=O) groups excluding carboxylic acids is 1. The lowest BCUT2D eigenvalue weighted by atomic mass is 9.92. The minimum absolute atomic E-state index is 0. The minimum Gasteiger partial charge on any atom is -0.381 e. The van der Waals surface area contributed by atoms with E-state index in [0.717, 1.165) is 24.1 Å². The Kier molecular flexibility index (Phi) is 8.73. The molecule has 5 nitrogen and oxygen atoms in total. The lowest BCUT2D eigenvalue weighted by Gasteiger charge is -2.26. The number of nitrogens with one attached hydrogen (secondary N) is 1. The average molecular weight is 322 g/mol. The van der Waals surface area contributed by atoms with Crippen LogP contribution in [0.4, 0.5) is 5.69 Å². The Labute approximate surface area is 131 Å². The van der Waals surface area contributed by atoms with Crippen LogP contribution in [0.2, 0.25) is 0 Å². The topological polar surface area (TPSA) is 77.2 Å². The fraction of sp³-hybridized carbons (Fsp3) is 0.538. The van der Waals surface area contributed by atoms with Crippen molar-refractivity contribution in [3.05, 3.63) is 24.0 Å². The quantitative estimate of drug-likeness (QED) is 0.891. The number of rotatable bonds is 3. The van der Waals surface area contributed by atoms with E-state index in [2.05, 4.69) is 10.3 Å². The molecule has 1 amide bonds. The SMILES string of the molecule is Cc1cnccc1NC(=O)C(N)C1CCOCC1.Cl.Cl. The van der Waals surface area contributed by atoms with Crippen molar-refractivity contribution in [1.29, 1.82) is 0 Å². The van der Waals surface area contributed by atoms with E-state index in [1.54, 1.807) is 18.5 Å². The Bertz CT molecular complexity index is 426. The van der Waals surface area contributed by atoms with Gasteiger partial charge in [0.2, 0.25) is 5.91 Å². The van der Waals surface area contributed by atoms with Gasteiger partial charge >= 0.3 is 0 Å². The molecule has 0 saturated carbocycles. The number of amides is 1. The number of hydrogen-bond donors (Lipinski definition) is 2. The van der Waals surface area contributed by atoms with Crippen LogP contribution in [0.3, 0.4) is 0 Å². The number of nitrogens with two attached hydrogens (primary N) is 1. The molecule has 1 saturated heterocycles. The van der Waals surface area contributed by atoms with Gasteiger partial charge in [-0.1, -0.05) is 0 Å². The Morgan fingerprint density at radius 3 is 2.70 bits per heavy atom. The molecule has 0 bridgehead atoms. The normalized spacial score (nSPS) is 16.5. The van der Waals surface area contributed by atoms with E-state index >= 15 is 0 Å². The third-order valence-electron chi connectivity index (χ3n) is 3.35. The predicted octanol–water partition coefficient (Wildman–Crippen LogP) is 1.93. The van der Waals surface area contributed by atoms with Crippen LogP contribution in [0, 0.1) is 12.8 Å². The van der Waals surface area contributed by atoms with E-state index in [-0.39, 0.29) is 36.6 Å². The summed E-state index contributed by atoms with van der Waals surface area (Å²) in [6, 6.07) is 1.31. The molecule has 1 unspecified atom stereocenters. The highest BCUT2D eigenvalue weighted by molar-refractivity contribution is 5.95. The van der Waals surface area contributed by atoms with E-state index in [1.807, 2.05) is 6.92 Å². The van der Waals surface area contributed by atoms with E-state index in [9.17, 15) is 4.79 Å². The summed E-state index contributed by atoms with van der Waals surface area (Å²) in [5, 5.41) is 2.86. The number of hydrogen-bond acceptors (Lipinski definition) is 4. The van der Waals surface area contributed by atoms with Gasteiger partial charge in [0.15, 0.2) is 0 Å². The molecular weight excluding hydrogens is 301 g/mol.